The molecule has 5 nitrogen and oxygen atoms in total. The number of hydrogen-bond acceptors (Lipinski definition) is 4. The van der Waals surface area contributed by atoms with Gasteiger partial charge in [0, 0.05) is 19.0 Å². The summed E-state index contributed by atoms with van der Waals surface area (Å²) in [6.07, 6.45) is 4.04. The summed E-state index contributed by atoms with van der Waals surface area (Å²) in [7, 11) is 1.83. The lowest BCUT2D eigenvalue weighted by Gasteiger charge is -2.15. The highest BCUT2D eigenvalue weighted by molar-refractivity contribution is 5.98. The van der Waals surface area contributed by atoms with Crippen LogP contribution in [0.25, 0.3) is 0 Å². The summed E-state index contributed by atoms with van der Waals surface area (Å²) in [4.78, 5) is 15.8. The quantitative estimate of drug-likeness (QED) is 0.842. The Balaban J connectivity index is 1.76. The van der Waals surface area contributed by atoms with Gasteiger partial charge in [-0.25, -0.2) is 4.98 Å². The number of rotatable bonds is 3. The molecule has 98 valence electrons. The Morgan fingerprint density at radius 2 is 2.26 bits per heavy atom. The Kier molecular flexibility index (Phi) is 3.03. The van der Waals surface area contributed by atoms with E-state index < -0.39 is 0 Å². The van der Waals surface area contributed by atoms with Gasteiger partial charge in [-0.05, 0) is 36.6 Å². The van der Waals surface area contributed by atoms with E-state index in [1.54, 1.807) is 4.68 Å². The maximum Gasteiger partial charge on any atom is 0.164 e. The normalized spacial score (nSPS) is 14.3. The van der Waals surface area contributed by atoms with E-state index in [1.165, 1.54) is 6.33 Å². The molecule has 1 aliphatic rings. The molecule has 2 aromatic rings. The van der Waals surface area contributed by atoms with Crippen molar-refractivity contribution in [3.05, 3.63) is 41.5 Å². The average molecular weight is 257 g/mol. The van der Waals surface area contributed by atoms with Gasteiger partial charge < -0.3 is 4.74 Å². The van der Waals surface area contributed by atoms with Crippen LogP contribution in [-0.2, 0) is 20.1 Å². The predicted octanol–water partition coefficient (Wildman–Crippen LogP) is 1.91. The van der Waals surface area contributed by atoms with Crippen LogP contribution in [0.3, 0.4) is 0 Å². The van der Waals surface area contributed by atoms with Crippen molar-refractivity contribution < 1.29 is 9.53 Å². The molecule has 0 fully saturated rings. The van der Waals surface area contributed by atoms with Gasteiger partial charge in [0.2, 0.25) is 0 Å². The molecule has 0 atom stereocenters. The van der Waals surface area contributed by atoms with E-state index in [0.717, 1.165) is 35.5 Å². The Morgan fingerprint density at radius 3 is 3.05 bits per heavy atom. The second-order valence-electron chi connectivity index (χ2n) is 4.68. The van der Waals surface area contributed by atoms with Crippen LogP contribution in [0.2, 0.25) is 0 Å². The van der Waals surface area contributed by atoms with Crippen LogP contribution in [0.4, 0.5) is 0 Å². The van der Waals surface area contributed by atoms with Gasteiger partial charge in [0.05, 0.1) is 0 Å². The molecule has 1 aromatic carbocycles. The second-order valence-corrected chi connectivity index (χ2v) is 4.68. The van der Waals surface area contributed by atoms with E-state index in [1.807, 2.05) is 25.2 Å². The lowest BCUT2D eigenvalue weighted by Crippen LogP contribution is -2.11. The van der Waals surface area contributed by atoms with Crippen molar-refractivity contribution in [2.75, 3.05) is 0 Å². The van der Waals surface area contributed by atoms with Crippen LogP contribution < -0.4 is 4.74 Å². The van der Waals surface area contributed by atoms with Gasteiger partial charge in [0.15, 0.2) is 11.6 Å². The third-order valence-electron chi connectivity index (χ3n) is 3.40. The van der Waals surface area contributed by atoms with Gasteiger partial charge in [0.1, 0.15) is 18.7 Å². The van der Waals surface area contributed by atoms with Crippen molar-refractivity contribution in [2.45, 2.75) is 25.9 Å². The topological polar surface area (TPSA) is 57.0 Å². The second kappa shape index (κ2) is 4.84. The lowest BCUT2D eigenvalue weighted by atomic mass is 9.91. The van der Waals surface area contributed by atoms with Crippen LogP contribution >= 0.6 is 0 Å². The van der Waals surface area contributed by atoms with Gasteiger partial charge in [0.25, 0.3) is 0 Å². The summed E-state index contributed by atoms with van der Waals surface area (Å²) in [5, 5.41) is 3.99. The van der Waals surface area contributed by atoms with Crippen LogP contribution in [0.1, 0.15) is 34.6 Å². The summed E-state index contributed by atoms with van der Waals surface area (Å²) in [5.74, 6) is 1.78. The molecule has 0 aliphatic heterocycles. The lowest BCUT2D eigenvalue weighted by molar-refractivity contribution is 0.0972. The van der Waals surface area contributed by atoms with Gasteiger partial charge >= 0.3 is 0 Å². The van der Waals surface area contributed by atoms with Crippen molar-refractivity contribution in [2.24, 2.45) is 7.05 Å². The van der Waals surface area contributed by atoms with Gasteiger partial charge in [-0.15, -0.1) is 0 Å². The van der Waals surface area contributed by atoms with E-state index in [9.17, 15) is 4.79 Å². The molecule has 3 rings (SSSR count). The van der Waals surface area contributed by atoms with Crippen molar-refractivity contribution in [3.63, 3.8) is 0 Å². The predicted molar refractivity (Wildman–Crippen MR) is 69.0 cm³/mol. The third kappa shape index (κ3) is 2.36. The first-order valence-electron chi connectivity index (χ1n) is 6.36. The van der Waals surface area contributed by atoms with E-state index in [0.29, 0.717) is 13.0 Å². The molecular formula is C14H15N3O2. The number of aryl methyl sites for hydroxylation is 2. The van der Waals surface area contributed by atoms with E-state index >= 15 is 0 Å². The third-order valence-corrected chi connectivity index (χ3v) is 3.40. The molecule has 0 unspecified atom stereocenters. The molecule has 1 aromatic heterocycles. The largest absolute Gasteiger partial charge is 0.486 e. The Labute approximate surface area is 111 Å². The number of benzene rings is 1. The van der Waals surface area contributed by atoms with Crippen molar-refractivity contribution in [1.29, 1.82) is 0 Å². The maximum atomic E-state index is 11.7. The number of nitrogens with zero attached hydrogens (tertiary/aromatic N) is 3. The number of ether oxygens (including phenoxy) is 1. The monoisotopic (exact) mass is 257 g/mol. The Hall–Kier alpha value is -2.17. The highest BCUT2D eigenvalue weighted by atomic mass is 16.5. The number of carbonyl (C=O) groups is 1. The highest BCUT2D eigenvalue weighted by Gasteiger charge is 2.17. The fraction of sp³-hybridized carbons (Fsp3) is 0.357. The zero-order valence-corrected chi connectivity index (χ0v) is 10.8. The molecule has 0 N–H and O–H groups in total. The highest BCUT2D eigenvalue weighted by Crippen LogP contribution is 2.25. The summed E-state index contributed by atoms with van der Waals surface area (Å²) < 4.78 is 7.38. The standard InChI is InChI=1S/C14H15N3O2/c1-17-14(15-9-16-17)8-19-11-5-6-12-10(7-11)3-2-4-13(12)18/h5-7,9H,2-4,8H2,1H3. The number of carbonyl (C=O) groups excluding carboxylic acids is 1. The number of Topliss-reactive ketones (excluding diaryl/α,β-unsaturated/α-hetero) is 1. The summed E-state index contributed by atoms with van der Waals surface area (Å²) in [6.45, 7) is 0.378. The Bertz CT molecular complexity index is 619. The van der Waals surface area contributed by atoms with Crippen molar-refractivity contribution in [1.82, 2.24) is 14.8 Å². The number of ketones is 1. The molecule has 5 heteroatoms. The first-order chi connectivity index (χ1) is 9.24. The van der Waals surface area contributed by atoms with E-state index in [-0.39, 0.29) is 5.78 Å². The first kappa shape index (κ1) is 11.9. The summed E-state index contributed by atoms with van der Waals surface area (Å²) >= 11 is 0. The van der Waals surface area contributed by atoms with E-state index in [2.05, 4.69) is 10.1 Å². The molecule has 0 bridgehead atoms. The van der Waals surface area contributed by atoms with Crippen molar-refractivity contribution >= 4 is 5.78 Å². The van der Waals surface area contributed by atoms with Crippen LogP contribution in [0.5, 0.6) is 5.75 Å². The molecular weight excluding hydrogens is 242 g/mol. The van der Waals surface area contributed by atoms with E-state index in [4.69, 9.17) is 4.74 Å². The fourth-order valence-corrected chi connectivity index (χ4v) is 2.31. The van der Waals surface area contributed by atoms with Crippen molar-refractivity contribution in [3.8, 4) is 5.75 Å². The minimum Gasteiger partial charge on any atom is -0.486 e. The molecule has 0 amide bonds. The summed E-state index contributed by atoms with van der Waals surface area (Å²) in [5.41, 5.74) is 1.93. The SMILES string of the molecule is Cn1ncnc1COc1ccc2c(c1)CCCC2=O. The van der Waals surface area contributed by atoms with Crippen LogP contribution in [0.15, 0.2) is 24.5 Å². The molecule has 0 radical (unpaired) electrons. The summed E-state index contributed by atoms with van der Waals surface area (Å²) in [6, 6.07) is 5.67. The minimum absolute atomic E-state index is 0.237. The molecule has 1 aliphatic carbocycles. The van der Waals surface area contributed by atoms with Crippen LogP contribution in [0, 0.1) is 0 Å². The molecule has 0 spiro atoms. The zero-order chi connectivity index (χ0) is 13.2. The number of hydrogen-bond donors (Lipinski definition) is 0. The first-order valence-corrected chi connectivity index (χ1v) is 6.36. The molecule has 19 heavy (non-hydrogen) atoms. The molecule has 0 saturated carbocycles. The number of fused-ring (bicyclic) bond motifs is 1. The Morgan fingerprint density at radius 1 is 1.37 bits per heavy atom. The zero-order valence-electron chi connectivity index (χ0n) is 10.8. The van der Waals surface area contributed by atoms with Gasteiger partial charge in [-0.3, -0.25) is 9.48 Å². The van der Waals surface area contributed by atoms with Gasteiger partial charge in [-0.1, -0.05) is 0 Å². The van der Waals surface area contributed by atoms with Crippen LogP contribution in [-0.4, -0.2) is 20.5 Å². The fourth-order valence-electron chi connectivity index (χ4n) is 2.31. The average Bonchev–Trinajstić information content (AvgIpc) is 2.82. The smallest absolute Gasteiger partial charge is 0.164 e. The number of aromatic nitrogens is 3. The maximum absolute atomic E-state index is 11.7. The van der Waals surface area contributed by atoms with Gasteiger partial charge in [-0.2, -0.15) is 5.10 Å². The molecule has 1 heterocycles. The molecule has 0 saturated heterocycles. The minimum atomic E-state index is 0.237.